The largest absolute Gasteiger partial charge is 0.288 e. The summed E-state index contributed by atoms with van der Waals surface area (Å²) >= 11 is 0. The smallest absolute Gasteiger partial charge is 0.241 e. The normalized spacial score (nSPS) is 13.3. The summed E-state index contributed by atoms with van der Waals surface area (Å²) in [7, 11) is -4.52. The maximum atomic E-state index is 12.4. The van der Waals surface area contributed by atoms with Crippen LogP contribution >= 0.6 is 0 Å². The third-order valence-electron chi connectivity index (χ3n) is 3.40. The monoisotopic (exact) mass is 344 g/mol. The van der Waals surface area contributed by atoms with E-state index >= 15 is 0 Å². The standard InChI is InChI=1S/C17H16N2O2S2/c1-13-7-10-15(11-8-13)23(20,21)19-22(2)17-12-9-14-5-3-4-6-16(14)18-17/h3-12H,1-2H3. The van der Waals surface area contributed by atoms with Gasteiger partial charge in [-0.3, -0.25) is 0 Å². The van der Waals surface area contributed by atoms with Crippen LogP contribution in [0.15, 0.2) is 74.4 Å². The van der Waals surface area contributed by atoms with Crippen molar-refractivity contribution in [1.82, 2.24) is 4.98 Å². The molecule has 3 aromatic rings. The number of sulfonamides is 1. The summed E-state index contributed by atoms with van der Waals surface area (Å²) in [6, 6.07) is 18.2. The first-order valence-corrected chi connectivity index (χ1v) is 10.1. The molecule has 0 fully saturated rings. The lowest BCUT2D eigenvalue weighted by Crippen LogP contribution is -2.01. The molecule has 0 aliphatic rings. The van der Waals surface area contributed by atoms with Crippen molar-refractivity contribution in [3.63, 3.8) is 0 Å². The summed E-state index contributed by atoms with van der Waals surface area (Å²) in [5, 5.41) is 1.69. The van der Waals surface area contributed by atoms with Gasteiger partial charge in [-0.1, -0.05) is 42.0 Å². The van der Waals surface area contributed by atoms with Gasteiger partial charge < -0.3 is 0 Å². The molecule has 0 saturated carbocycles. The number of hydrogen-bond acceptors (Lipinski definition) is 3. The van der Waals surface area contributed by atoms with Crippen LogP contribution in [-0.4, -0.2) is 19.7 Å². The zero-order valence-electron chi connectivity index (χ0n) is 12.8. The maximum absolute atomic E-state index is 12.4. The Morgan fingerprint density at radius 1 is 0.957 bits per heavy atom. The Labute approximate surface area is 138 Å². The molecule has 1 unspecified atom stereocenters. The lowest BCUT2D eigenvalue weighted by molar-refractivity contribution is 0.598. The average molecular weight is 344 g/mol. The number of aromatic nitrogens is 1. The van der Waals surface area contributed by atoms with Gasteiger partial charge >= 0.3 is 0 Å². The molecule has 1 atom stereocenters. The fourth-order valence-electron chi connectivity index (χ4n) is 2.15. The number of rotatable bonds is 3. The van der Waals surface area contributed by atoms with Crippen molar-refractivity contribution >= 4 is 31.6 Å². The molecular formula is C17H16N2O2S2. The number of benzene rings is 2. The SMILES string of the molecule is Cc1ccc(S(=O)(=O)N=S(C)c2ccc3ccccc3n2)cc1. The summed E-state index contributed by atoms with van der Waals surface area (Å²) in [5.74, 6) is 0. The third-order valence-corrected chi connectivity index (χ3v) is 6.78. The second-order valence-corrected chi connectivity index (χ2v) is 8.57. The van der Waals surface area contributed by atoms with Gasteiger partial charge in [0.05, 0.1) is 10.4 Å². The fraction of sp³-hybridized carbons (Fsp3) is 0.118. The molecule has 0 amide bonds. The molecule has 0 spiro atoms. The van der Waals surface area contributed by atoms with Crippen LogP contribution in [0.5, 0.6) is 0 Å². The molecule has 2 aromatic carbocycles. The van der Waals surface area contributed by atoms with E-state index in [1.165, 1.54) is 0 Å². The highest BCUT2D eigenvalue weighted by Gasteiger charge is 2.13. The van der Waals surface area contributed by atoms with E-state index in [0.717, 1.165) is 16.5 Å². The van der Waals surface area contributed by atoms with Gasteiger partial charge in [0.25, 0.3) is 10.0 Å². The highest BCUT2D eigenvalue weighted by molar-refractivity contribution is 7.99. The van der Waals surface area contributed by atoms with E-state index in [9.17, 15) is 8.42 Å². The number of para-hydroxylation sites is 1. The van der Waals surface area contributed by atoms with Crippen LogP contribution < -0.4 is 0 Å². The van der Waals surface area contributed by atoms with Crippen molar-refractivity contribution in [1.29, 1.82) is 0 Å². The number of hydrogen-bond donors (Lipinski definition) is 0. The predicted octanol–water partition coefficient (Wildman–Crippen LogP) is 3.72. The molecule has 6 heteroatoms. The second-order valence-electron chi connectivity index (χ2n) is 5.18. The summed E-state index contributed by atoms with van der Waals surface area (Å²) < 4.78 is 28.8. The van der Waals surface area contributed by atoms with Gasteiger partial charge in [-0.2, -0.15) is 8.42 Å². The lowest BCUT2D eigenvalue weighted by atomic mass is 10.2. The summed E-state index contributed by atoms with van der Waals surface area (Å²) in [6.45, 7) is 1.91. The molecule has 0 radical (unpaired) electrons. The Bertz CT molecular complexity index is 995. The molecule has 118 valence electrons. The molecule has 0 saturated heterocycles. The maximum Gasteiger partial charge on any atom is 0.288 e. The van der Waals surface area contributed by atoms with Gasteiger partial charge in [0, 0.05) is 5.39 Å². The van der Waals surface area contributed by atoms with Crippen molar-refractivity contribution in [2.45, 2.75) is 16.8 Å². The average Bonchev–Trinajstić information content (AvgIpc) is 2.54. The molecule has 0 aliphatic carbocycles. The molecule has 1 aromatic heterocycles. The Hall–Kier alpha value is -2.05. The van der Waals surface area contributed by atoms with Crippen LogP contribution in [0, 0.1) is 6.92 Å². The van der Waals surface area contributed by atoms with E-state index in [-0.39, 0.29) is 4.90 Å². The molecule has 1 heterocycles. The van der Waals surface area contributed by atoms with Crippen molar-refractivity contribution in [3.8, 4) is 0 Å². The van der Waals surface area contributed by atoms with Crippen LogP contribution in [0.3, 0.4) is 0 Å². The fourth-order valence-corrected chi connectivity index (χ4v) is 4.95. The zero-order valence-corrected chi connectivity index (χ0v) is 14.4. The summed E-state index contributed by atoms with van der Waals surface area (Å²) in [5.41, 5.74) is 1.85. The number of nitrogens with zero attached hydrogens (tertiary/aromatic N) is 2. The first-order chi connectivity index (χ1) is 11.0. The zero-order chi connectivity index (χ0) is 16.4. The van der Waals surface area contributed by atoms with E-state index in [2.05, 4.69) is 8.75 Å². The Morgan fingerprint density at radius 2 is 1.65 bits per heavy atom. The van der Waals surface area contributed by atoms with Crippen molar-refractivity contribution in [3.05, 3.63) is 66.2 Å². The molecule has 0 bridgehead atoms. The second kappa shape index (κ2) is 6.22. The summed E-state index contributed by atoms with van der Waals surface area (Å²) in [6.07, 6.45) is 1.77. The van der Waals surface area contributed by atoms with E-state index in [0.29, 0.717) is 5.03 Å². The summed E-state index contributed by atoms with van der Waals surface area (Å²) in [4.78, 5) is 4.73. The van der Waals surface area contributed by atoms with Crippen molar-refractivity contribution in [2.75, 3.05) is 6.26 Å². The Morgan fingerprint density at radius 3 is 2.39 bits per heavy atom. The Kier molecular flexibility index (Phi) is 4.28. The quantitative estimate of drug-likeness (QED) is 0.727. The van der Waals surface area contributed by atoms with Gasteiger partial charge in [-0.25, -0.2) is 4.98 Å². The number of pyridine rings is 1. The van der Waals surface area contributed by atoms with Crippen LogP contribution in [-0.2, 0) is 20.7 Å². The molecule has 3 rings (SSSR count). The molecule has 0 aliphatic heterocycles. The van der Waals surface area contributed by atoms with E-state index in [1.807, 2.05) is 43.3 Å². The van der Waals surface area contributed by atoms with Crippen LogP contribution in [0.1, 0.15) is 5.56 Å². The highest BCUT2D eigenvalue weighted by atomic mass is 32.3. The van der Waals surface area contributed by atoms with Crippen LogP contribution in [0.25, 0.3) is 10.9 Å². The predicted molar refractivity (Wildman–Crippen MR) is 94.1 cm³/mol. The number of fused-ring (bicyclic) bond motifs is 1. The van der Waals surface area contributed by atoms with Crippen molar-refractivity contribution in [2.24, 2.45) is 3.77 Å². The third kappa shape index (κ3) is 3.48. The molecule has 23 heavy (non-hydrogen) atoms. The number of aryl methyl sites for hydroxylation is 1. The molecule has 4 nitrogen and oxygen atoms in total. The lowest BCUT2D eigenvalue weighted by Gasteiger charge is -2.05. The van der Waals surface area contributed by atoms with Crippen LogP contribution in [0.2, 0.25) is 0 Å². The first kappa shape index (κ1) is 15.8. The Balaban J connectivity index is 2.01. The van der Waals surface area contributed by atoms with Crippen molar-refractivity contribution < 1.29 is 8.42 Å². The minimum Gasteiger partial charge on any atom is -0.241 e. The molecule has 0 N–H and O–H groups in total. The van der Waals surface area contributed by atoms with Crippen LogP contribution in [0.4, 0.5) is 0 Å². The molecular weight excluding hydrogens is 328 g/mol. The topological polar surface area (TPSA) is 59.4 Å². The van der Waals surface area contributed by atoms with Gasteiger partial charge in [0.2, 0.25) is 0 Å². The minimum atomic E-state index is -3.68. The van der Waals surface area contributed by atoms with E-state index < -0.39 is 20.7 Å². The highest BCUT2D eigenvalue weighted by Crippen LogP contribution is 2.18. The van der Waals surface area contributed by atoms with E-state index in [4.69, 9.17) is 0 Å². The first-order valence-electron chi connectivity index (χ1n) is 7.02. The van der Waals surface area contributed by atoms with Gasteiger partial charge in [-0.05, 0) is 48.1 Å². The van der Waals surface area contributed by atoms with Gasteiger partial charge in [-0.15, -0.1) is 3.77 Å². The van der Waals surface area contributed by atoms with E-state index in [1.54, 1.807) is 30.5 Å². The van der Waals surface area contributed by atoms with Gasteiger partial charge in [0.1, 0.15) is 5.03 Å². The van der Waals surface area contributed by atoms with Gasteiger partial charge in [0.15, 0.2) is 0 Å². The minimum absolute atomic E-state index is 0.211.